The average Bonchev–Trinajstić information content (AvgIpc) is 2.29. The molecule has 0 N–H and O–H groups in total. The van der Waals surface area contributed by atoms with Crippen molar-refractivity contribution >= 4 is 17.5 Å². The lowest BCUT2D eigenvalue weighted by Crippen LogP contribution is -2.38. The van der Waals surface area contributed by atoms with Crippen molar-refractivity contribution in [2.24, 2.45) is 0 Å². The zero-order valence-corrected chi connectivity index (χ0v) is 10.9. The number of aromatic nitrogens is 3. The summed E-state index contributed by atoms with van der Waals surface area (Å²) >= 11 is 5.88. The third-order valence-electron chi connectivity index (χ3n) is 2.91. The van der Waals surface area contributed by atoms with Gasteiger partial charge >= 0.3 is 6.01 Å². The molecule has 0 spiro atoms. The number of hydrogen-bond donors (Lipinski definition) is 0. The molecule has 94 valence electrons. The van der Waals surface area contributed by atoms with Crippen LogP contribution in [0.5, 0.6) is 6.01 Å². The second-order valence-corrected chi connectivity index (χ2v) is 4.50. The number of rotatable bonds is 3. The first-order valence-electron chi connectivity index (χ1n) is 6.01. The molecule has 2 heterocycles. The summed E-state index contributed by atoms with van der Waals surface area (Å²) in [5.74, 6) is 0.626. The van der Waals surface area contributed by atoms with E-state index >= 15 is 0 Å². The Morgan fingerprint density at radius 1 is 1.35 bits per heavy atom. The van der Waals surface area contributed by atoms with E-state index in [4.69, 9.17) is 16.3 Å². The highest BCUT2D eigenvalue weighted by Gasteiger charge is 2.22. The highest BCUT2D eigenvalue weighted by molar-refractivity contribution is 6.28. The molecular formula is C11H17ClN4O. The lowest BCUT2D eigenvalue weighted by molar-refractivity contribution is 0.310. The second-order valence-electron chi connectivity index (χ2n) is 4.16. The molecular weight excluding hydrogens is 240 g/mol. The van der Waals surface area contributed by atoms with Crippen molar-refractivity contribution in [3.63, 3.8) is 0 Å². The standard InChI is InChI=1S/C11H17ClN4O/c1-3-17-11-14-9(12)13-10(15-11)16-7-5-4-6-8(16)2/h8H,3-7H2,1-2H3/t8-/m1/s1. The Kier molecular flexibility index (Phi) is 3.99. The van der Waals surface area contributed by atoms with Crippen LogP contribution >= 0.6 is 11.6 Å². The van der Waals surface area contributed by atoms with Gasteiger partial charge in [-0.3, -0.25) is 0 Å². The predicted octanol–water partition coefficient (Wildman–Crippen LogP) is 2.30. The van der Waals surface area contributed by atoms with Crippen LogP contribution in [-0.2, 0) is 0 Å². The first-order chi connectivity index (χ1) is 8.20. The maximum absolute atomic E-state index is 5.88. The van der Waals surface area contributed by atoms with Gasteiger partial charge in [-0.25, -0.2) is 0 Å². The van der Waals surface area contributed by atoms with Crippen molar-refractivity contribution in [2.45, 2.75) is 39.2 Å². The van der Waals surface area contributed by atoms with E-state index in [1.807, 2.05) is 6.92 Å². The van der Waals surface area contributed by atoms with Gasteiger partial charge < -0.3 is 9.64 Å². The van der Waals surface area contributed by atoms with Crippen LogP contribution in [0.2, 0.25) is 5.28 Å². The Morgan fingerprint density at radius 2 is 2.18 bits per heavy atom. The van der Waals surface area contributed by atoms with Crippen LogP contribution in [0.25, 0.3) is 0 Å². The molecule has 17 heavy (non-hydrogen) atoms. The molecule has 1 fully saturated rings. The van der Waals surface area contributed by atoms with Crippen LogP contribution in [0.4, 0.5) is 5.95 Å². The van der Waals surface area contributed by atoms with Gasteiger partial charge in [-0.15, -0.1) is 0 Å². The number of hydrogen-bond acceptors (Lipinski definition) is 5. The first kappa shape index (κ1) is 12.4. The molecule has 1 aromatic rings. The van der Waals surface area contributed by atoms with Gasteiger partial charge in [0.05, 0.1) is 6.61 Å². The summed E-state index contributed by atoms with van der Waals surface area (Å²) in [6.45, 7) is 5.56. The molecule has 0 aliphatic carbocycles. The zero-order chi connectivity index (χ0) is 12.3. The van der Waals surface area contributed by atoms with Crippen molar-refractivity contribution < 1.29 is 4.74 Å². The highest BCUT2D eigenvalue weighted by atomic mass is 35.5. The van der Waals surface area contributed by atoms with Crippen LogP contribution in [0.15, 0.2) is 0 Å². The lowest BCUT2D eigenvalue weighted by atomic mass is 10.0. The van der Waals surface area contributed by atoms with Gasteiger partial charge in [-0.05, 0) is 44.7 Å². The van der Waals surface area contributed by atoms with E-state index in [9.17, 15) is 0 Å². The molecule has 0 amide bonds. The molecule has 1 aliphatic rings. The van der Waals surface area contributed by atoms with Crippen LogP contribution in [0, 0.1) is 0 Å². The smallest absolute Gasteiger partial charge is 0.322 e. The molecule has 2 rings (SSSR count). The van der Waals surface area contributed by atoms with Crippen molar-refractivity contribution in [3.05, 3.63) is 5.28 Å². The monoisotopic (exact) mass is 256 g/mol. The van der Waals surface area contributed by atoms with Gasteiger partial charge in [0, 0.05) is 12.6 Å². The Labute approximate surface area is 106 Å². The minimum absolute atomic E-state index is 0.191. The summed E-state index contributed by atoms with van der Waals surface area (Å²) in [5, 5.41) is 0.191. The number of nitrogens with zero attached hydrogens (tertiary/aromatic N) is 4. The maximum Gasteiger partial charge on any atom is 0.322 e. The summed E-state index contributed by atoms with van der Waals surface area (Å²) in [4.78, 5) is 14.6. The molecule has 0 unspecified atom stereocenters. The second kappa shape index (κ2) is 5.49. The normalized spacial score (nSPS) is 20.4. The fourth-order valence-electron chi connectivity index (χ4n) is 2.04. The third kappa shape index (κ3) is 2.97. The zero-order valence-electron chi connectivity index (χ0n) is 10.2. The van der Waals surface area contributed by atoms with Crippen molar-refractivity contribution in [2.75, 3.05) is 18.1 Å². The largest absolute Gasteiger partial charge is 0.464 e. The fraction of sp³-hybridized carbons (Fsp3) is 0.727. The van der Waals surface area contributed by atoms with Crippen molar-refractivity contribution in [1.29, 1.82) is 0 Å². The minimum Gasteiger partial charge on any atom is -0.464 e. The Morgan fingerprint density at radius 3 is 2.88 bits per heavy atom. The highest BCUT2D eigenvalue weighted by Crippen LogP contribution is 2.23. The van der Waals surface area contributed by atoms with Crippen molar-refractivity contribution in [1.82, 2.24) is 15.0 Å². The number of piperidine rings is 1. The first-order valence-corrected chi connectivity index (χ1v) is 6.39. The van der Waals surface area contributed by atoms with Gasteiger partial charge in [0.2, 0.25) is 11.2 Å². The van der Waals surface area contributed by atoms with E-state index in [-0.39, 0.29) is 5.28 Å². The maximum atomic E-state index is 5.88. The number of ether oxygens (including phenoxy) is 1. The molecule has 0 bridgehead atoms. The Bertz CT molecular complexity index is 388. The molecule has 1 aliphatic heterocycles. The van der Waals surface area contributed by atoms with E-state index in [2.05, 4.69) is 26.8 Å². The van der Waals surface area contributed by atoms with Gasteiger partial charge in [-0.2, -0.15) is 15.0 Å². The van der Waals surface area contributed by atoms with Crippen LogP contribution in [-0.4, -0.2) is 34.1 Å². The molecule has 5 nitrogen and oxygen atoms in total. The Hall–Kier alpha value is -1.10. The van der Waals surface area contributed by atoms with Gasteiger partial charge in [0.15, 0.2) is 0 Å². The molecule has 1 atom stereocenters. The molecule has 0 aromatic carbocycles. The quantitative estimate of drug-likeness (QED) is 0.831. The van der Waals surface area contributed by atoms with Crippen molar-refractivity contribution in [3.8, 4) is 6.01 Å². The summed E-state index contributed by atoms with van der Waals surface area (Å²) < 4.78 is 5.28. The van der Waals surface area contributed by atoms with E-state index in [0.717, 1.165) is 19.4 Å². The fourth-order valence-corrected chi connectivity index (χ4v) is 2.19. The van der Waals surface area contributed by atoms with E-state index in [1.54, 1.807) is 0 Å². The third-order valence-corrected chi connectivity index (χ3v) is 3.08. The number of halogens is 1. The molecule has 1 aromatic heterocycles. The molecule has 0 radical (unpaired) electrons. The SMILES string of the molecule is CCOc1nc(Cl)nc(N2CCCC[C@H]2C)n1. The van der Waals surface area contributed by atoms with E-state index in [1.165, 1.54) is 6.42 Å². The molecule has 6 heteroatoms. The minimum atomic E-state index is 0.191. The van der Waals surface area contributed by atoms with E-state index < -0.39 is 0 Å². The van der Waals surface area contributed by atoms with Crippen LogP contribution in [0.3, 0.4) is 0 Å². The summed E-state index contributed by atoms with van der Waals surface area (Å²) in [6.07, 6.45) is 3.58. The summed E-state index contributed by atoms with van der Waals surface area (Å²) in [5.41, 5.74) is 0. The molecule has 0 saturated carbocycles. The summed E-state index contributed by atoms with van der Waals surface area (Å²) in [7, 11) is 0. The Balaban J connectivity index is 2.24. The van der Waals surface area contributed by atoms with E-state index in [0.29, 0.717) is 24.6 Å². The topological polar surface area (TPSA) is 51.1 Å². The van der Waals surface area contributed by atoms with Crippen LogP contribution < -0.4 is 9.64 Å². The predicted molar refractivity (Wildman–Crippen MR) is 66.7 cm³/mol. The average molecular weight is 257 g/mol. The molecule has 1 saturated heterocycles. The lowest BCUT2D eigenvalue weighted by Gasteiger charge is -2.33. The van der Waals surface area contributed by atoms with Gasteiger partial charge in [0.25, 0.3) is 0 Å². The number of anilines is 1. The van der Waals surface area contributed by atoms with Gasteiger partial charge in [0.1, 0.15) is 0 Å². The van der Waals surface area contributed by atoms with Crippen LogP contribution in [0.1, 0.15) is 33.1 Å². The summed E-state index contributed by atoms with van der Waals surface area (Å²) in [6, 6.07) is 0.747. The van der Waals surface area contributed by atoms with Gasteiger partial charge in [-0.1, -0.05) is 0 Å².